The van der Waals surface area contributed by atoms with Crippen molar-refractivity contribution in [2.24, 2.45) is 0 Å². The molecule has 2 aliphatic rings. The molecule has 3 heterocycles. The van der Waals surface area contributed by atoms with Crippen LogP contribution < -0.4 is 16.0 Å². The lowest BCUT2D eigenvalue weighted by Gasteiger charge is -2.14. The van der Waals surface area contributed by atoms with Gasteiger partial charge in [-0.05, 0) is 49.4 Å². The number of aryl methyl sites for hydroxylation is 2. The van der Waals surface area contributed by atoms with Crippen molar-refractivity contribution in [1.29, 1.82) is 0 Å². The molecule has 3 N–H and O–H groups in total. The number of aromatic nitrogens is 3. The molecule has 166 valence electrons. The summed E-state index contributed by atoms with van der Waals surface area (Å²) in [5, 5.41) is 9.20. The number of rotatable bonds is 5. The van der Waals surface area contributed by atoms with Crippen molar-refractivity contribution < 1.29 is 18.0 Å². The SMILES string of the molecule is O=C1Cc2cc(Nc3ncc(C(F)(F)F)c(NCc4nc5c(s4)CCCC5)n3)ccc2N1. The number of alkyl halides is 3. The van der Waals surface area contributed by atoms with Gasteiger partial charge in [0, 0.05) is 22.4 Å². The monoisotopic (exact) mass is 460 g/mol. The van der Waals surface area contributed by atoms with Crippen LogP contribution in [-0.2, 0) is 36.8 Å². The summed E-state index contributed by atoms with van der Waals surface area (Å²) in [7, 11) is 0. The number of carbonyl (C=O) groups excluding carboxylic acids is 1. The Hall–Kier alpha value is -3.21. The van der Waals surface area contributed by atoms with Crippen LogP contribution in [-0.4, -0.2) is 20.9 Å². The number of nitrogens with one attached hydrogen (secondary N) is 3. The van der Waals surface area contributed by atoms with Crippen LogP contribution in [0.2, 0.25) is 0 Å². The molecule has 11 heteroatoms. The van der Waals surface area contributed by atoms with E-state index in [4.69, 9.17) is 0 Å². The second-order valence-corrected chi connectivity index (χ2v) is 8.88. The Kier molecular flexibility index (Phi) is 5.20. The third-order valence-corrected chi connectivity index (χ3v) is 6.54. The van der Waals surface area contributed by atoms with Gasteiger partial charge in [-0.25, -0.2) is 9.97 Å². The van der Waals surface area contributed by atoms with E-state index in [2.05, 4.69) is 30.9 Å². The van der Waals surface area contributed by atoms with E-state index in [-0.39, 0.29) is 30.6 Å². The van der Waals surface area contributed by atoms with E-state index < -0.39 is 11.7 Å². The molecule has 1 aliphatic heterocycles. The van der Waals surface area contributed by atoms with E-state index in [1.807, 2.05) is 0 Å². The van der Waals surface area contributed by atoms with Gasteiger partial charge in [0.05, 0.1) is 18.7 Å². The lowest BCUT2D eigenvalue weighted by molar-refractivity contribution is -0.137. The minimum absolute atomic E-state index is 0.0242. The average molecular weight is 460 g/mol. The van der Waals surface area contributed by atoms with Gasteiger partial charge in [-0.1, -0.05) is 0 Å². The Morgan fingerprint density at radius 2 is 2.00 bits per heavy atom. The van der Waals surface area contributed by atoms with Gasteiger partial charge in [0.15, 0.2) is 0 Å². The lowest BCUT2D eigenvalue weighted by Crippen LogP contribution is -2.14. The largest absolute Gasteiger partial charge is 0.421 e. The second-order valence-electron chi connectivity index (χ2n) is 7.71. The normalized spacial score (nSPS) is 15.2. The molecule has 1 aromatic carbocycles. The van der Waals surface area contributed by atoms with Gasteiger partial charge in [-0.2, -0.15) is 18.2 Å². The number of thiazole rings is 1. The Morgan fingerprint density at radius 1 is 1.16 bits per heavy atom. The van der Waals surface area contributed by atoms with Gasteiger partial charge in [-0.3, -0.25) is 4.79 Å². The Bertz CT molecular complexity index is 1170. The van der Waals surface area contributed by atoms with E-state index >= 15 is 0 Å². The summed E-state index contributed by atoms with van der Waals surface area (Å²) in [5.74, 6) is -0.379. The molecule has 32 heavy (non-hydrogen) atoms. The van der Waals surface area contributed by atoms with Crippen LogP contribution >= 0.6 is 11.3 Å². The highest BCUT2D eigenvalue weighted by atomic mass is 32.1. The number of hydrogen-bond acceptors (Lipinski definition) is 7. The van der Waals surface area contributed by atoms with Gasteiger partial charge in [0.1, 0.15) is 16.4 Å². The minimum Gasteiger partial charge on any atom is -0.363 e. The first kappa shape index (κ1) is 20.7. The highest BCUT2D eigenvalue weighted by Gasteiger charge is 2.35. The van der Waals surface area contributed by atoms with Gasteiger partial charge in [0.25, 0.3) is 0 Å². The first-order valence-electron chi connectivity index (χ1n) is 10.2. The molecule has 0 fully saturated rings. The number of hydrogen-bond donors (Lipinski definition) is 3. The van der Waals surface area contributed by atoms with E-state index in [1.54, 1.807) is 18.2 Å². The molecule has 0 saturated heterocycles. The molecule has 1 aliphatic carbocycles. The summed E-state index contributed by atoms with van der Waals surface area (Å²) in [6.07, 6.45) is 0.534. The van der Waals surface area contributed by atoms with Crippen LogP contribution in [0.4, 0.5) is 36.3 Å². The molecule has 5 rings (SSSR count). The van der Waals surface area contributed by atoms with Gasteiger partial charge < -0.3 is 16.0 Å². The summed E-state index contributed by atoms with van der Waals surface area (Å²) >= 11 is 1.54. The van der Waals surface area contributed by atoms with E-state index in [9.17, 15) is 18.0 Å². The molecule has 3 aromatic rings. The maximum absolute atomic E-state index is 13.5. The molecule has 2 aromatic heterocycles. The smallest absolute Gasteiger partial charge is 0.363 e. The average Bonchev–Trinajstić information content (AvgIpc) is 3.33. The molecule has 7 nitrogen and oxygen atoms in total. The lowest BCUT2D eigenvalue weighted by atomic mass is 10.0. The number of nitrogens with zero attached hydrogens (tertiary/aromatic N) is 3. The zero-order chi connectivity index (χ0) is 22.3. The van der Waals surface area contributed by atoms with Crippen LogP contribution in [0, 0.1) is 0 Å². The first-order valence-corrected chi connectivity index (χ1v) is 11.0. The maximum atomic E-state index is 13.5. The van der Waals surface area contributed by atoms with Crippen molar-refractivity contribution in [3.63, 3.8) is 0 Å². The van der Waals surface area contributed by atoms with Crippen molar-refractivity contribution in [3.8, 4) is 0 Å². The predicted octanol–water partition coefficient (Wildman–Crippen LogP) is 4.68. The molecule has 0 bridgehead atoms. The van der Waals surface area contributed by atoms with Gasteiger partial charge in [0.2, 0.25) is 11.9 Å². The van der Waals surface area contributed by atoms with Crippen molar-refractivity contribution >= 4 is 40.4 Å². The van der Waals surface area contributed by atoms with E-state index in [0.29, 0.717) is 5.69 Å². The fourth-order valence-electron chi connectivity index (χ4n) is 3.86. The van der Waals surface area contributed by atoms with E-state index in [0.717, 1.165) is 53.8 Å². The number of halogens is 3. The van der Waals surface area contributed by atoms with Crippen molar-refractivity contribution in [2.45, 2.75) is 44.8 Å². The summed E-state index contributed by atoms with van der Waals surface area (Å²) in [6.45, 7) is 0.157. The Labute approximate surface area is 185 Å². The van der Waals surface area contributed by atoms with Crippen LogP contribution in [0.3, 0.4) is 0 Å². The van der Waals surface area contributed by atoms with Crippen molar-refractivity contribution in [3.05, 3.63) is 51.1 Å². The molecule has 0 unspecified atom stereocenters. The highest BCUT2D eigenvalue weighted by Crippen LogP contribution is 2.35. The quantitative estimate of drug-likeness (QED) is 0.512. The van der Waals surface area contributed by atoms with Crippen molar-refractivity contribution in [1.82, 2.24) is 15.0 Å². The number of anilines is 4. The van der Waals surface area contributed by atoms with Gasteiger partial charge in [-0.15, -0.1) is 11.3 Å². The molecule has 0 saturated carbocycles. The number of amides is 1. The Morgan fingerprint density at radius 3 is 2.81 bits per heavy atom. The zero-order valence-electron chi connectivity index (χ0n) is 16.8. The molecule has 0 spiro atoms. The van der Waals surface area contributed by atoms with Crippen LogP contribution in [0.1, 0.15) is 39.5 Å². The number of fused-ring (bicyclic) bond motifs is 2. The molecule has 1 amide bonds. The van der Waals surface area contributed by atoms with Crippen LogP contribution in [0.5, 0.6) is 0 Å². The van der Waals surface area contributed by atoms with Gasteiger partial charge >= 0.3 is 6.18 Å². The first-order chi connectivity index (χ1) is 15.3. The molecular weight excluding hydrogens is 441 g/mol. The topological polar surface area (TPSA) is 91.8 Å². The minimum atomic E-state index is -4.59. The molecule has 0 atom stereocenters. The molecule has 0 radical (unpaired) electrons. The highest BCUT2D eigenvalue weighted by molar-refractivity contribution is 7.11. The summed E-state index contributed by atoms with van der Waals surface area (Å²) in [5.41, 5.74) is 2.23. The summed E-state index contributed by atoms with van der Waals surface area (Å²) in [6, 6.07) is 5.19. The maximum Gasteiger partial charge on any atom is 0.421 e. The van der Waals surface area contributed by atoms with Crippen molar-refractivity contribution in [2.75, 3.05) is 16.0 Å². The zero-order valence-corrected chi connectivity index (χ0v) is 17.7. The second kappa shape index (κ2) is 8.05. The predicted molar refractivity (Wildman–Crippen MR) is 115 cm³/mol. The third kappa shape index (κ3) is 4.24. The standard InChI is InChI=1S/C21H19F3N6OS/c22-21(23,24)13-9-26-20(27-12-5-6-14-11(7-12)8-17(31)28-14)30-19(13)25-10-18-29-15-3-1-2-4-16(15)32-18/h5-7,9H,1-4,8,10H2,(H,28,31)(H2,25,26,27,30). The van der Waals surface area contributed by atoms with Crippen LogP contribution in [0.25, 0.3) is 0 Å². The van der Waals surface area contributed by atoms with Crippen LogP contribution in [0.15, 0.2) is 24.4 Å². The Balaban J connectivity index is 1.37. The fourth-order valence-corrected chi connectivity index (χ4v) is 4.96. The summed E-state index contributed by atoms with van der Waals surface area (Å²) in [4.78, 5) is 25.2. The number of carbonyl (C=O) groups is 1. The number of benzene rings is 1. The third-order valence-electron chi connectivity index (χ3n) is 5.38. The summed E-state index contributed by atoms with van der Waals surface area (Å²) < 4.78 is 40.5. The van der Waals surface area contributed by atoms with E-state index in [1.165, 1.54) is 16.2 Å². The molecular formula is C21H19F3N6OS. The fraction of sp³-hybridized carbons (Fsp3) is 0.333.